The fourth-order valence-electron chi connectivity index (χ4n) is 2.00. The summed E-state index contributed by atoms with van der Waals surface area (Å²) in [4.78, 5) is 0. The molecule has 0 aromatic heterocycles. The van der Waals surface area contributed by atoms with Crippen LogP contribution in [0.15, 0.2) is 24.3 Å². The first-order valence-corrected chi connectivity index (χ1v) is 5.24. The molecule has 1 N–H and O–H groups in total. The number of anilines is 1. The Balaban J connectivity index is 1.97. The summed E-state index contributed by atoms with van der Waals surface area (Å²) in [5, 5.41) is 3.57. The van der Waals surface area contributed by atoms with Crippen molar-refractivity contribution in [1.29, 1.82) is 0 Å². The molecule has 1 nitrogen and oxygen atoms in total. The van der Waals surface area contributed by atoms with Gasteiger partial charge in [0, 0.05) is 11.7 Å². The van der Waals surface area contributed by atoms with E-state index < -0.39 is 0 Å². The van der Waals surface area contributed by atoms with Gasteiger partial charge >= 0.3 is 0 Å². The maximum Gasteiger partial charge on any atom is 0.0375 e. The van der Waals surface area contributed by atoms with Gasteiger partial charge in [-0.2, -0.15) is 0 Å². The summed E-state index contributed by atoms with van der Waals surface area (Å²) < 4.78 is 0. The van der Waals surface area contributed by atoms with Crippen LogP contribution < -0.4 is 5.32 Å². The molecular formula is C12H17N. The molecule has 0 spiro atoms. The van der Waals surface area contributed by atoms with Crippen LogP contribution in [0.25, 0.3) is 0 Å². The standard InChI is InChI=1S/C12H17N/c1-2-3-7-11-9-10-6-4-5-8-12(10)13-11/h4-6,8,11,13H,2-3,7,9H2,1H3/t11-/m0/s1. The molecule has 70 valence electrons. The smallest absolute Gasteiger partial charge is 0.0375 e. The summed E-state index contributed by atoms with van der Waals surface area (Å²) in [6.07, 6.45) is 5.17. The van der Waals surface area contributed by atoms with E-state index in [0.29, 0.717) is 6.04 Å². The first-order chi connectivity index (χ1) is 6.40. The Morgan fingerprint density at radius 1 is 1.38 bits per heavy atom. The summed E-state index contributed by atoms with van der Waals surface area (Å²) in [5.41, 5.74) is 2.84. The maximum atomic E-state index is 3.57. The van der Waals surface area contributed by atoms with Gasteiger partial charge in [-0.25, -0.2) is 0 Å². The Kier molecular flexibility index (Phi) is 2.53. The monoisotopic (exact) mass is 175 g/mol. The fraction of sp³-hybridized carbons (Fsp3) is 0.500. The molecule has 0 aliphatic carbocycles. The number of hydrogen-bond acceptors (Lipinski definition) is 1. The zero-order valence-corrected chi connectivity index (χ0v) is 8.22. The average molecular weight is 175 g/mol. The lowest BCUT2D eigenvalue weighted by Gasteiger charge is -2.09. The second kappa shape index (κ2) is 3.82. The molecular weight excluding hydrogens is 158 g/mol. The highest BCUT2D eigenvalue weighted by atomic mass is 14.9. The van der Waals surface area contributed by atoms with E-state index in [1.807, 2.05) is 0 Å². The third-order valence-electron chi connectivity index (χ3n) is 2.75. The quantitative estimate of drug-likeness (QED) is 0.743. The minimum Gasteiger partial charge on any atom is -0.382 e. The molecule has 13 heavy (non-hydrogen) atoms. The van der Waals surface area contributed by atoms with E-state index in [2.05, 4.69) is 36.5 Å². The average Bonchev–Trinajstić information content (AvgIpc) is 2.57. The molecule has 1 aromatic carbocycles. The maximum absolute atomic E-state index is 3.57. The third-order valence-corrected chi connectivity index (χ3v) is 2.75. The van der Waals surface area contributed by atoms with Crippen LogP contribution in [0, 0.1) is 0 Å². The van der Waals surface area contributed by atoms with E-state index in [-0.39, 0.29) is 0 Å². The van der Waals surface area contributed by atoms with Gasteiger partial charge in [0.2, 0.25) is 0 Å². The van der Waals surface area contributed by atoms with Crippen molar-refractivity contribution in [3.63, 3.8) is 0 Å². The van der Waals surface area contributed by atoms with Crippen molar-refractivity contribution < 1.29 is 0 Å². The minimum absolute atomic E-state index is 0.692. The Morgan fingerprint density at radius 2 is 2.23 bits per heavy atom. The summed E-state index contributed by atoms with van der Waals surface area (Å²) in [6.45, 7) is 2.25. The van der Waals surface area contributed by atoms with E-state index in [1.165, 1.54) is 36.9 Å². The van der Waals surface area contributed by atoms with Crippen LogP contribution in [0.5, 0.6) is 0 Å². The molecule has 1 heterocycles. The van der Waals surface area contributed by atoms with Crippen LogP contribution >= 0.6 is 0 Å². The number of hydrogen-bond donors (Lipinski definition) is 1. The van der Waals surface area contributed by atoms with Crippen molar-refractivity contribution in [2.75, 3.05) is 5.32 Å². The molecule has 0 fully saturated rings. The van der Waals surface area contributed by atoms with E-state index in [4.69, 9.17) is 0 Å². The summed E-state index contributed by atoms with van der Waals surface area (Å²) in [7, 11) is 0. The van der Waals surface area contributed by atoms with Gasteiger partial charge in [0.15, 0.2) is 0 Å². The fourth-order valence-corrected chi connectivity index (χ4v) is 2.00. The van der Waals surface area contributed by atoms with Crippen molar-refractivity contribution in [2.45, 2.75) is 38.6 Å². The second-order valence-electron chi connectivity index (χ2n) is 3.84. The predicted molar refractivity (Wildman–Crippen MR) is 57.1 cm³/mol. The van der Waals surface area contributed by atoms with E-state index in [9.17, 15) is 0 Å². The highest BCUT2D eigenvalue weighted by molar-refractivity contribution is 5.56. The Labute approximate surface area is 80.2 Å². The third kappa shape index (κ3) is 1.85. The second-order valence-corrected chi connectivity index (χ2v) is 3.84. The first kappa shape index (κ1) is 8.61. The number of unbranched alkanes of at least 4 members (excludes halogenated alkanes) is 1. The van der Waals surface area contributed by atoms with Gasteiger partial charge < -0.3 is 5.32 Å². The first-order valence-electron chi connectivity index (χ1n) is 5.24. The summed E-state index contributed by atoms with van der Waals surface area (Å²) >= 11 is 0. The van der Waals surface area contributed by atoms with Gasteiger partial charge in [-0.1, -0.05) is 38.0 Å². The van der Waals surface area contributed by atoms with Crippen LogP contribution in [0.3, 0.4) is 0 Å². The molecule has 1 aliphatic rings. The largest absolute Gasteiger partial charge is 0.382 e. The number of rotatable bonds is 3. The Morgan fingerprint density at radius 3 is 3.00 bits per heavy atom. The van der Waals surface area contributed by atoms with Crippen molar-refractivity contribution >= 4 is 5.69 Å². The molecule has 0 amide bonds. The number of fused-ring (bicyclic) bond motifs is 1. The lowest BCUT2D eigenvalue weighted by Crippen LogP contribution is -2.14. The zero-order chi connectivity index (χ0) is 9.10. The van der Waals surface area contributed by atoms with Crippen molar-refractivity contribution in [1.82, 2.24) is 0 Å². The van der Waals surface area contributed by atoms with Crippen LogP contribution in [0.4, 0.5) is 5.69 Å². The van der Waals surface area contributed by atoms with E-state index in [0.717, 1.165) is 0 Å². The van der Waals surface area contributed by atoms with Crippen molar-refractivity contribution in [3.05, 3.63) is 29.8 Å². The van der Waals surface area contributed by atoms with Gasteiger partial charge in [0.05, 0.1) is 0 Å². The minimum atomic E-state index is 0.692. The van der Waals surface area contributed by atoms with Crippen LogP contribution in [0.2, 0.25) is 0 Å². The molecule has 0 saturated heterocycles. The molecule has 0 radical (unpaired) electrons. The van der Waals surface area contributed by atoms with Gasteiger partial charge in [0.25, 0.3) is 0 Å². The van der Waals surface area contributed by atoms with Crippen LogP contribution in [-0.4, -0.2) is 6.04 Å². The molecule has 1 aromatic rings. The highest BCUT2D eigenvalue weighted by Gasteiger charge is 2.18. The van der Waals surface area contributed by atoms with Crippen LogP contribution in [-0.2, 0) is 6.42 Å². The molecule has 2 rings (SSSR count). The Bertz CT molecular complexity index is 255. The molecule has 0 unspecified atom stereocenters. The topological polar surface area (TPSA) is 12.0 Å². The van der Waals surface area contributed by atoms with Gasteiger partial charge in [-0.15, -0.1) is 0 Å². The van der Waals surface area contributed by atoms with Gasteiger partial charge in [-0.05, 0) is 24.5 Å². The number of para-hydroxylation sites is 1. The van der Waals surface area contributed by atoms with Crippen LogP contribution in [0.1, 0.15) is 31.7 Å². The number of benzene rings is 1. The lowest BCUT2D eigenvalue weighted by atomic mass is 10.1. The molecule has 0 bridgehead atoms. The highest BCUT2D eigenvalue weighted by Crippen LogP contribution is 2.27. The molecule has 1 heteroatoms. The summed E-state index contributed by atoms with van der Waals surface area (Å²) in [5.74, 6) is 0. The molecule has 0 saturated carbocycles. The van der Waals surface area contributed by atoms with Crippen molar-refractivity contribution in [3.8, 4) is 0 Å². The molecule has 1 aliphatic heterocycles. The Hall–Kier alpha value is -0.980. The van der Waals surface area contributed by atoms with E-state index >= 15 is 0 Å². The number of nitrogens with one attached hydrogen (secondary N) is 1. The van der Waals surface area contributed by atoms with E-state index in [1.54, 1.807) is 0 Å². The van der Waals surface area contributed by atoms with Gasteiger partial charge in [0.1, 0.15) is 0 Å². The van der Waals surface area contributed by atoms with Gasteiger partial charge in [-0.3, -0.25) is 0 Å². The normalized spacial score (nSPS) is 19.6. The van der Waals surface area contributed by atoms with Crippen molar-refractivity contribution in [2.24, 2.45) is 0 Å². The predicted octanol–water partition coefficient (Wildman–Crippen LogP) is 3.21. The lowest BCUT2D eigenvalue weighted by molar-refractivity contribution is 0.623. The SMILES string of the molecule is CCCC[C@H]1Cc2ccccc2N1. The molecule has 1 atom stereocenters. The summed E-state index contributed by atoms with van der Waals surface area (Å²) in [6, 6.07) is 9.34. The zero-order valence-electron chi connectivity index (χ0n) is 8.22.